The molecule has 2 unspecified atom stereocenters. The second kappa shape index (κ2) is 6.57. The fraction of sp³-hybridized carbons (Fsp3) is 0.824. The van der Waals surface area contributed by atoms with Crippen LogP contribution >= 0.6 is 11.3 Å². The number of thiazole rings is 1. The maximum Gasteiger partial charge on any atom is 0.113 e. The lowest BCUT2D eigenvalue weighted by molar-refractivity contribution is 0.149. The normalized spacial score (nSPS) is 27.2. The molecule has 1 N–H and O–H groups in total. The van der Waals surface area contributed by atoms with Gasteiger partial charge in [-0.05, 0) is 44.6 Å². The molecule has 1 aliphatic rings. The minimum atomic E-state index is 0.144. The number of aromatic nitrogens is 1. The van der Waals surface area contributed by atoms with E-state index in [0.717, 1.165) is 24.8 Å². The highest BCUT2D eigenvalue weighted by Crippen LogP contribution is 2.44. The summed E-state index contributed by atoms with van der Waals surface area (Å²) in [6.45, 7) is 12.4. The summed E-state index contributed by atoms with van der Waals surface area (Å²) in [5.41, 5.74) is 1.44. The Morgan fingerprint density at radius 1 is 1.40 bits per heavy atom. The highest BCUT2D eigenvalue weighted by molar-refractivity contribution is 7.11. The molecule has 1 aliphatic carbocycles. The molecule has 3 heteroatoms. The van der Waals surface area contributed by atoms with Crippen LogP contribution in [0, 0.1) is 18.8 Å². The Labute approximate surface area is 128 Å². The number of hydrogen-bond donors (Lipinski definition) is 1. The van der Waals surface area contributed by atoms with Gasteiger partial charge in [0.15, 0.2) is 0 Å². The molecular formula is C17H30N2S. The summed E-state index contributed by atoms with van der Waals surface area (Å²) in [4.78, 5) is 6.40. The highest BCUT2D eigenvalue weighted by Gasteiger charge is 2.40. The van der Waals surface area contributed by atoms with Crippen LogP contribution in [-0.4, -0.2) is 11.5 Å². The average molecular weight is 295 g/mol. The van der Waals surface area contributed by atoms with Gasteiger partial charge in [0.2, 0.25) is 0 Å². The smallest absolute Gasteiger partial charge is 0.113 e. The average Bonchev–Trinajstić information content (AvgIpc) is 2.81. The van der Waals surface area contributed by atoms with Gasteiger partial charge >= 0.3 is 0 Å². The SMILES string of the molecule is CCNC1(c2nc(CC)c(C)s2)CCCC(C(C)C)C1. The van der Waals surface area contributed by atoms with Gasteiger partial charge in [0.05, 0.1) is 11.2 Å². The van der Waals surface area contributed by atoms with Crippen molar-refractivity contribution in [1.29, 1.82) is 0 Å². The van der Waals surface area contributed by atoms with Crippen LogP contribution in [0.2, 0.25) is 0 Å². The van der Waals surface area contributed by atoms with Gasteiger partial charge in [-0.3, -0.25) is 0 Å². The highest BCUT2D eigenvalue weighted by atomic mass is 32.1. The van der Waals surface area contributed by atoms with Crippen molar-refractivity contribution in [3.05, 3.63) is 15.6 Å². The van der Waals surface area contributed by atoms with Crippen LogP contribution in [0.15, 0.2) is 0 Å². The fourth-order valence-electron chi connectivity index (χ4n) is 3.62. The molecule has 0 spiro atoms. The molecule has 0 bridgehead atoms. The molecule has 2 rings (SSSR count). The van der Waals surface area contributed by atoms with E-state index in [4.69, 9.17) is 4.98 Å². The van der Waals surface area contributed by atoms with E-state index < -0.39 is 0 Å². The van der Waals surface area contributed by atoms with E-state index in [-0.39, 0.29) is 5.54 Å². The largest absolute Gasteiger partial charge is 0.306 e. The zero-order valence-electron chi connectivity index (χ0n) is 13.8. The second-order valence-corrected chi connectivity index (χ2v) is 7.79. The second-order valence-electron chi connectivity index (χ2n) is 6.59. The first-order valence-electron chi connectivity index (χ1n) is 8.24. The van der Waals surface area contributed by atoms with Crippen molar-refractivity contribution in [2.24, 2.45) is 11.8 Å². The van der Waals surface area contributed by atoms with Crippen molar-refractivity contribution in [3.8, 4) is 0 Å². The summed E-state index contributed by atoms with van der Waals surface area (Å²) in [5, 5.41) is 5.16. The maximum absolute atomic E-state index is 4.99. The fourth-order valence-corrected chi connectivity index (χ4v) is 4.82. The number of rotatable bonds is 5. The van der Waals surface area contributed by atoms with E-state index in [1.165, 1.54) is 41.3 Å². The molecule has 114 valence electrons. The van der Waals surface area contributed by atoms with E-state index in [9.17, 15) is 0 Å². The Bertz CT molecular complexity index is 434. The molecule has 0 saturated heterocycles. The predicted octanol–water partition coefficient (Wildman–Crippen LogP) is 4.66. The Hall–Kier alpha value is -0.410. The first kappa shape index (κ1) is 16.0. The molecule has 1 saturated carbocycles. The molecule has 0 radical (unpaired) electrons. The molecule has 2 atom stereocenters. The summed E-state index contributed by atoms with van der Waals surface area (Å²) in [6, 6.07) is 0. The minimum Gasteiger partial charge on any atom is -0.306 e. The maximum atomic E-state index is 4.99. The van der Waals surface area contributed by atoms with E-state index >= 15 is 0 Å². The number of hydrogen-bond acceptors (Lipinski definition) is 3. The van der Waals surface area contributed by atoms with E-state index in [1.54, 1.807) is 0 Å². The Balaban J connectivity index is 2.32. The summed E-state index contributed by atoms with van der Waals surface area (Å²) in [7, 11) is 0. The summed E-state index contributed by atoms with van der Waals surface area (Å²) in [5.74, 6) is 1.61. The molecule has 1 aromatic heterocycles. The number of nitrogens with one attached hydrogen (secondary N) is 1. The summed E-state index contributed by atoms with van der Waals surface area (Å²) in [6.07, 6.45) is 6.28. The van der Waals surface area contributed by atoms with Gasteiger partial charge in [-0.2, -0.15) is 0 Å². The van der Waals surface area contributed by atoms with Gasteiger partial charge in [0.1, 0.15) is 5.01 Å². The molecular weight excluding hydrogens is 264 g/mol. The van der Waals surface area contributed by atoms with Crippen LogP contribution in [-0.2, 0) is 12.0 Å². The van der Waals surface area contributed by atoms with Crippen molar-refractivity contribution in [2.45, 2.75) is 72.3 Å². The first-order valence-corrected chi connectivity index (χ1v) is 9.05. The van der Waals surface area contributed by atoms with Crippen LogP contribution in [0.25, 0.3) is 0 Å². The summed E-state index contributed by atoms with van der Waals surface area (Å²) >= 11 is 1.92. The van der Waals surface area contributed by atoms with Gasteiger partial charge in [-0.15, -0.1) is 11.3 Å². The van der Waals surface area contributed by atoms with E-state index in [2.05, 4.69) is 39.9 Å². The Morgan fingerprint density at radius 2 is 2.15 bits per heavy atom. The molecule has 20 heavy (non-hydrogen) atoms. The lowest BCUT2D eigenvalue weighted by atomic mass is 9.72. The van der Waals surface area contributed by atoms with Gasteiger partial charge in [0.25, 0.3) is 0 Å². The minimum absolute atomic E-state index is 0.144. The van der Waals surface area contributed by atoms with Gasteiger partial charge in [-0.25, -0.2) is 4.98 Å². The van der Waals surface area contributed by atoms with Gasteiger partial charge in [0, 0.05) is 4.88 Å². The lowest BCUT2D eigenvalue weighted by Gasteiger charge is -2.41. The molecule has 1 heterocycles. The van der Waals surface area contributed by atoms with Crippen molar-refractivity contribution in [2.75, 3.05) is 6.54 Å². The zero-order chi connectivity index (χ0) is 14.8. The number of nitrogens with zero attached hydrogens (tertiary/aromatic N) is 1. The van der Waals surface area contributed by atoms with Crippen molar-refractivity contribution >= 4 is 11.3 Å². The molecule has 2 nitrogen and oxygen atoms in total. The Kier molecular flexibility index (Phi) is 5.25. The van der Waals surface area contributed by atoms with E-state index in [0.29, 0.717) is 0 Å². The quantitative estimate of drug-likeness (QED) is 0.854. The van der Waals surface area contributed by atoms with Crippen molar-refractivity contribution in [1.82, 2.24) is 10.3 Å². The third kappa shape index (κ3) is 3.09. The standard InChI is InChI=1S/C17H30N2S/c1-6-15-13(5)20-16(19-15)17(18-7-2)10-8-9-14(11-17)12(3)4/h12,14,18H,6-11H2,1-5H3. The van der Waals surface area contributed by atoms with E-state index in [1.807, 2.05) is 11.3 Å². The lowest BCUT2D eigenvalue weighted by Crippen LogP contribution is -2.46. The van der Waals surface area contributed by atoms with Crippen LogP contribution in [0.5, 0.6) is 0 Å². The molecule has 0 aliphatic heterocycles. The van der Waals surface area contributed by atoms with Crippen LogP contribution in [0.1, 0.15) is 69.0 Å². The van der Waals surface area contributed by atoms with Crippen molar-refractivity contribution < 1.29 is 0 Å². The first-order chi connectivity index (χ1) is 9.52. The predicted molar refractivity (Wildman–Crippen MR) is 88.4 cm³/mol. The summed E-state index contributed by atoms with van der Waals surface area (Å²) < 4.78 is 0. The Morgan fingerprint density at radius 3 is 2.70 bits per heavy atom. The van der Waals surface area contributed by atoms with Crippen LogP contribution in [0.3, 0.4) is 0 Å². The monoisotopic (exact) mass is 294 g/mol. The van der Waals surface area contributed by atoms with Gasteiger partial charge < -0.3 is 5.32 Å². The molecule has 0 amide bonds. The number of aryl methyl sites for hydroxylation is 2. The topological polar surface area (TPSA) is 24.9 Å². The molecule has 1 aromatic rings. The van der Waals surface area contributed by atoms with Crippen molar-refractivity contribution in [3.63, 3.8) is 0 Å². The van der Waals surface area contributed by atoms with Crippen LogP contribution in [0.4, 0.5) is 0 Å². The molecule has 0 aromatic carbocycles. The third-order valence-electron chi connectivity index (χ3n) is 4.88. The third-order valence-corrected chi connectivity index (χ3v) is 6.10. The van der Waals surface area contributed by atoms with Gasteiger partial charge in [-0.1, -0.05) is 40.5 Å². The molecule has 1 fully saturated rings. The zero-order valence-corrected chi connectivity index (χ0v) is 14.6. The van der Waals surface area contributed by atoms with Crippen LogP contribution < -0.4 is 5.32 Å².